The summed E-state index contributed by atoms with van der Waals surface area (Å²) in [5.74, 6) is 0.729. The van der Waals surface area contributed by atoms with Gasteiger partial charge < -0.3 is 5.32 Å². The molecule has 3 rings (SSSR count). The zero-order valence-electron chi connectivity index (χ0n) is 12.9. The van der Waals surface area contributed by atoms with E-state index in [1.165, 1.54) is 24.6 Å². The molecule has 2 aromatic rings. The van der Waals surface area contributed by atoms with Crippen LogP contribution in [-0.2, 0) is 4.79 Å². The van der Waals surface area contributed by atoms with Crippen molar-refractivity contribution in [3.63, 3.8) is 0 Å². The van der Waals surface area contributed by atoms with Crippen LogP contribution in [0.5, 0.6) is 0 Å². The molecule has 2 N–H and O–H groups in total. The molecule has 0 radical (unpaired) electrons. The molecule has 7 heteroatoms. The Morgan fingerprint density at radius 1 is 1.35 bits per heavy atom. The first-order chi connectivity index (χ1) is 11.1. The lowest BCUT2D eigenvalue weighted by molar-refractivity contribution is -0.120. The zero-order valence-corrected chi connectivity index (χ0v) is 14.5. The smallest absolute Gasteiger partial charge is 0.233 e. The normalized spacial score (nSPS) is 16.4. The summed E-state index contributed by atoms with van der Waals surface area (Å²) in [6.45, 7) is 1.88. The highest BCUT2D eigenvalue weighted by Gasteiger charge is 2.22. The Balaban J connectivity index is 1.59. The number of thioether (sulfide) groups is 1. The van der Waals surface area contributed by atoms with Gasteiger partial charge in [0.25, 0.3) is 0 Å². The maximum Gasteiger partial charge on any atom is 0.233 e. The fraction of sp³-hybridized carbons (Fsp3) is 0.438. The molecule has 23 heavy (non-hydrogen) atoms. The molecule has 1 unspecified atom stereocenters. The summed E-state index contributed by atoms with van der Waals surface area (Å²) >= 11 is 7.25. The van der Waals surface area contributed by atoms with Crippen LogP contribution in [0, 0.1) is 0 Å². The van der Waals surface area contributed by atoms with E-state index in [1.54, 1.807) is 0 Å². The van der Waals surface area contributed by atoms with E-state index in [9.17, 15) is 4.79 Å². The minimum absolute atomic E-state index is 0.0553. The summed E-state index contributed by atoms with van der Waals surface area (Å²) in [5, 5.41) is 11.2. The third-order valence-corrected chi connectivity index (χ3v) is 5.15. The average molecular weight is 351 g/mol. The van der Waals surface area contributed by atoms with Gasteiger partial charge in [-0.15, -0.1) is 5.10 Å². The van der Waals surface area contributed by atoms with Crippen molar-refractivity contribution >= 4 is 29.3 Å². The second-order valence-electron chi connectivity index (χ2n) is 5.72. The number of aromatic amines is 1. The van der Waals surface area contributed by atoms with Crippen molar-refractivity contribution in [3.8, 4) is 11.4 Å². The van der Waals surface area contributed by atoms with E-state index in [-0.39, 0.29) is 11.2 Å². The van der Waals surface area contributed by atoms with Gasteiger partial charge in [0.1, 0.15) is 0 Å². The molecule has 0 aliphatic heterocycles. The predicted octanol–water partition coefficient (Wildman–Crippen LogP) is 3.66. The number of carbonyl (C=O) groups excluding carboxylic acids is 1. The fourth-order valence-corrected chi connectivity index (χ4v) is 3.50. The van der Waals surface area contributed by atoms with Crippen LogP contribution in [0.25, 0.3) is 11.4 Å². The van der Waals surface area contributed by atoms with Crippen LogP contribution in [0.15, 0.2) is 29.4 Å². The van der Waals surface area contributed by atoms with Gasteiger partial charge in [-0.1, -0.05) is 36.2 Å². The molecule has 1 aliphatic rings. The topological polar surface area (TPSA) is 70.7 Å². The van der Waals surface area contributed by atoms with Gasteiger partial charge in [-0.25, -0.2) is 4.98 Å². The summed E-state index contributed by atoms with van der Waals surface area (Å²) in [7, 11) is 0. The van der Waals surface area contributed by atoms with Crippen molar-refractivity contribution in [2.24, 2.45) is 0 Å². The molecule has 1 aromatic carbocycles. The predicted molar refractivity (Wildman–Crippen MR) is 92.5 cm³/mol. The van der Waals surface area contributed by atoms with Gasteiger partial charge in [-0.05, 0) is 44.0 Å². The lowest BCUT2D eigenvalue weighted by Crippen LogP contribution is -2.37. The lowest BCUT2D eigenvalue weighted by atomic mass is 10.2. The summed E-state index contributed by atoms with van der Waals surface area (Å²) in [5.41, 5.74) is 0.914. The van der Waals surface area contributed by atoms with Crippen molar-refractivity contribution in [3.05, 3.63) is 29.3 Å². The van der Waals surface area contributed by atoms with Gasteiger partial charge in [0, 0.05) is 16.6 Å². The van der Waals surface area contributed by atoms with E-state index >= 15 is 0 Å². The Hall–Kier alpha value is -1.53. The zero-order chi connectivity index (χ0) is 16.2. The van der Waals surface area contributed by atoms with Crippen LogP contribution < -0.4 is 5.32 Å². The number of aromatic nitrogens is 3. The van der Waals surface area contributed by atoms with Gasteiger partial charge in [-0.3, -0.25) is 9.89 Å². The first-order valence-electron chi connectivity index (χ1n) is 7.77. The number of nitrogens with zero attached hydrogens (tertiary/aromatic N) is 2. The highest BCUT2D eigenvalue weighted by Crippen LogP contribution is 2.24. The Bertz CT molecular complexity index is 667. The number of H-pyrrole nitrogens is 1. The second kappa shape index (κ2) is 7.36. The van der Waals surface area contributed by atoms with Gasteiger partial charge in [0.15, 0.2) is 5.82 Å². The largest absolute Gasteiger partial charge is 0.352 e. The summed E-state index contributed by atoms with van der Waals surface area (Å²) in [6, 6.07) is 7.72. The molecule has 0 bridgehead atoms. The quantitative estimate of drug-likeness (QED) is 0.807. The average Bonchev–Trinajstić information content (AvgIpc) is 3.20. The molecule has 0 spiro atoms. The summed E-state index contributed by atoms with van der Waals surface area (Å²) in [4.78, 5) is 16.6. The van der Waals surface area contributed by atoms with Crippen molar-refractivity contribution in [1.82, 2.24) is 20.5 Å². The van der Waals surface area contributed by atoms with E-state index in [1.807, 2.05) is 31.2 Å². The minimum Gasteiger partial charge on any atom is -0.352 e. The fourth-order valence-electron chi connectivity index (χ4n) is 2.64. The number of nitrogens with one attached hydrogen (secondary N) is 2. The Morgan fingerprint density at radius 2 is 2.04 bits per heavy atom. The van der Waals surface area contributed by atoms with Crippen molar-refractivity contribution < 1.29 is 4.79 Å². The van der Waals surface area contributed by atoms with Gasteiger partial charge in [-0.2, -0.15) is 0 Å². The first kappa shape index (κ1) is 16.3. The van der Waals surface area contributed by atoms with Crippen LogP contribution in [0.1, 0.15) is 32.6 Å². The first-order valence-corrected chi connectivity index (χ1v) is 9.03. The third-order valence-electron chi connectivity index (χ3n) is 3.94. The number of carbonyl (C=O) groups is 1. The number of amides is 1. The van der Waals surface area contributed by atoms with Gasteiger partial charge in [0.05, 0.1) is 5.25 Å². The molecule has 1 atom stereocenters. The van der Waals surface area contributed by atoms with Crippen molar-refractivity contribution in [2.75, 3.05) is 0 Å². The second-order valence-corrected chi connectivity index (χ2v) is 7.47. The maximum atomic E-state index is 12.2. The molecule has 1 aliphatic carbocycles. The molecule has 1 fully saturated rings. The SMILES string of the molecule is CC(Sc1n[nH]c(-c2ccc(Cl)cc2)n1)C(=O)NC1CCCC1. The third kappa shape index (κ3) is 4.26. The minimum atomic E-state index is -0.218. The molecule has 1 aromatic heterocycles. The number of hydrogen-bond donors (Lipinski definition) is 2. The van der Waals surface area contributed by atoms with E-state index < -0.39 is 0 Å². The van der Waals surface area contributed by atoms with E-state index in [2.05, 4.69) is 20.5 Å². The van der Waals surface area contributed by atoms with Crippen LogP contribution in [0.4, 0.5) is 0 Å². The van der Waals surface area contributed by atoms with E-state index in [0.29, 0.717) is 22.0 Å². The molecule has 5 nitrogen and oxygen atoms in total. The van der Waals surface area contributed by atoms with Crippen molar-refractivity contribution in [1.29, 1.82) is 0 Å². The maximum absolute atomic E-state index is 12.2. The Kier molecular flexibility index (Phi) is 5.23. The number of rotatable bonds is 5. The van der Waals surface area contributed by atoms with Crippen LogP contribution >= 0.6 is 23.4 Å². The highest BCUT2D eigenvalue weighted by molar-refractivity contribution is 8.00. The molecular weight excluding hydrogens is 332 g/mol. The van der Waals surface area contributed by atoms with E-state index in [4.69, 9.17) is 11.6 Å². The monoisotopic (exact) mass is 350 g/mol. The Labute approximate surface area is 144 Å². The standard InChI is InChI=1S/C16H19ClN4OS/c1-10(15(22)18-13-4-2-3-5-13)23-16-19-14(20-21-16)11-6-8-12(17)9-7-11/h6-10,13H,2-5H2,1H3,(H,18,22)(H,19,20,21). The molecular formula is C16H19ClN4OS. The molecule has 122 valence electrons. The van der Waals surface area contributed by atoms with Crippen LogP contribution in [0.2, 0.25) is 5.02 Å². The van der Waals surface area contributed by atoms with Gasteiger partial charge >= 0.3 is 0 Å². The van der Waals surface area contributed by atoms with Crippen LogP contribution in [0.3, 0.4) is 0 Å². The molecule has 1 amide bonds. The van der Waals surface area contributed by atoms with Gasteiger partial charge in [0.2, 0.25) is 11.1 Å². The number of halogens is 1. The summed E-state index contributed by atoms with van der Waals surface area (Å²) in [6.07, 6.45) is 4.59. The highest BCUT2D eigenvalue weighted by atomic mass is 35.5. The van der Waals surface area contributed by atoms with Crippen LogP contribution in [-0.4, -0.2) is 32.4 Å². The number of benzene rings is 1. The lowest BCUT2D eigenvalue weighted by Gasteiger charge is -2.15. The molecule has 1 heterocycles. The van der Waals surface area contributed by atoms with Crippen molar-refractivity contribution in [2.45, 2.75) is 49.1 Å². The van der Waals surface area contributed by atoms with E-state index in [0.717, 1.165) is 18.4 Å². The Morgan fingerprint density at radius 3 is 2.74 bits per heavy atom. The number of hydrogen-bond acceptors (Lipinski definition) is 4. The molecule has 1 saturated carbocycles. The molecule has 0 saturated heterocycles. The summed E-state index contributed by atoms with van der Waals surface area (Å²) < 4.78 is 0.